The second-order valence-corrected chi connectivity index (χ2v) is 18.3. The van der Waals surface area contributed by atoms with E-state index < -0.39 is 86.4 Å². The van der Waals surface area contributed by atoms with Crippen molar-refractivity contribution in [1.82, 2.24) is 25.2 Å². The summed E-state index contributed by atoms with van der Waals surface area (Å²) >= 11 is 0. The summed E-state index contributed by atoms with van der Waals surface area (Å²) in [5.74, 6) is -2.96. The molecule has 18 heteroatoms. The molecule has 0 radical (unpaired) electrons. The van der Waals surface area contributed by atoms with Crippen LogP contribution in [0.5, 0.6) is 11.6 Å². The highest BCUT2D eigenvalue weighted by molar-refractivity contribution is 7.90. The van der Waals surface area contributed by atoms with Gasteiger partial charge in [0, 0.05) is 23.1 Å². The van der Waals surface area contributed by atoms with Crippen molar-refractivity contribution in [3.05, 3.63) is 42.6 Å². The molecule has 1 aromatic carbocycles. The van der Waals surface area contributed by atoms with Gasteiger partial charge in [0.2, 0.25) is 33.3 Å². The third-order valence-corrected chi connectivity index (χ3v) is 13.5. The summed E-state index contributed by atoms with van der Waals surface area (Å²) in [4.78, 5) is 61.8. The maximum atomic E-state index is 14.7. The van der Waals surface area contributed by atoms with Gasteiger partial charge in [0.1, 0.15) is 29.5 Å². The Morgan fingerprint density at radius 2 is 1.75 bits per heavy atom. The van der Waals surface area contributed by atoms with Gasteiger partial charge in [0.05, 0.1) is 25.1 Å². The Kier molecular flexibility index (Phi) is 11.8. The maximum Gasteiger partial charge on any atom is 0.427 e. The van der Waals surface area contributed by atoms with Gasteiger partial charge in [-0.05, 0) is 70.3 Å². The normalized spacial score (nSPS) is 29.4. The number of fused-ring (bicyclic) bond motifs is 3. The van der Waals surface area contributed by atoms with Crippen LogP contribution < -0.4 is 24.8 Å². The van der Waals surface area contributed by atoms with Gasteiger partial charge in [0.15, 0.2) is 0 Å². The van der Waals surface area contributed by atoms with Crippen LogP contribution in [0.15, 0.2) is 42.6 Å². The van der Waals surface area contributed by atoms with E-state index in [1.165, 1.54) is 18.2 Å². The molecule has 57 heavy (non-hydrogen) atoms. The van der Waals surface area contributed by atoms with Gasteiger partial charge in [-0.25, -0.2) is 18.2 Å². The first-order valence-electron chi connectivity index (χ1n) is 19.3. The van der Waals surface area contributed by atoms with Crippen LogP contribution in [-0.4, -0.2) is 96.5 Å². The minimum absolute atomic E-state index is 0.0333. The Bertz CT molecular complexity index is 2020. The molecule has 4 amide bonds. The Hall–Kier alpha value is -4.61. The highest BCUT2D eigenvalue weighted by atomic mass is 32.2. The Morgan fingerprint density at radius 1 is 1.05 bits per heavy atom. The number of allylic oxidation sites excluding steroid dienone is 1. The number of hydrogen-bond acceptors (Lipinski definition) is 10. The quantitative estimate of drug-likeness (QED) is 0.310. The molecule has 7 atom stereocenters. The molecule has 14 nitrogen and oxygen atoms in total. The monoisotopic (exact) mass is 821 g/mol. The maximum absolute atomic E-state index is 14.7. The Labute approximate surface area is 329 Å². The molecule has 6 rings (SSSR count). The predicted molar refractivity (Wildman–Crippen MR) is 201 cm³/mol. The van der Waals surface area contributed by atoms with Crippen LogP contribution in [0.4, 0.5) is 18.0 Å². The molecular weight excluding hydrogens is 772 g/mol. The number of carbonyl (C=O) groups excluding carboxylic acids is 4. The highest BCUT2D eigenvalue weighted by Crippen LogP contribution is 2.46. The number of alkyl halides is 3. The number of hydrogen-bond donors (Lipinski definition) is 3. The zero-order valence-electron chi connectivity index (χ0n) is 32.6. The largest absolute Gasteiger partial charge is 0.494 e. The molecule has 2 aromatic rings. The van der Waals surface area contributed by atoms with Gasteiger partial charge in [-0.3, -0.25) is 19.1 Å². The lowest BCUT2D eigenvalue weighted by molar-refractivity contribution is -0.244. The fourth-order valence-corrected chi connectivity index (χ4v) is 9.36. The zero-order valence-corrected chi connectivity index (χ0v) is 33.4. The van der Waals surface area contributed by atoms with Gasteiger partial charge in [-0.15, -0.1) is 0 Å². The lowest BCUT2D eigenvalue weighted by Crippen LogP contribution is -2.60. The number of nitrogens with zero attached hydrogens (tertiary/aromatic N) is 2. The Balaban J connectivity index is 1.35. The minimum Gasteiger partial charge on any atom is -0.494 e. The smallest absolute Gasteiger partial charge is 0.427 e. The first-order chi connectivity index (χ1) is 26.8. The second-order valence-electron chi connectivity index (χ2n) is 16.3. The molecule has 2 saturated carbocycles. The SMILES string of the molecule is COc1cnc(O[C@@H]2C[C@H]3C(=O)N[C@]4(C(=O)NS(=O)(=O)C5CCC5)C[C@H]4/C=C\CC[C@@H](C)C[C@@H](C)C(NC(=O)OC(C)(C)C(F)(F)F)C(=O)N3C2)c2ccccc12. The van der Waals surface area contributed by atoms with Crippen LogP contribution in [0.25, 0.3) is 10.8 Å². The molecule has 1 unspecified atom stereocenters. The lowest BCUT2D eigenvalue weighted by atomic mass is 9.88. The van der Waals surface area contributed by atoms with E-state index in [0.717, 1.165) is 0 Å². The average Bonchev–Trinajstić information content (AvgIpc) is 3.63. The number of alkyl carbamates (subject to hydrolysis) is 1. The molecule has 3 heterocycles. The molecule has 3 N–H and O–H groups in total. The number of nitrogens with one attached hydrogen (secondary N) is 3. The average molecular weight is 822 g/mol. The van der Waals surface area contributed by atoms with Crippen molar-refractivity contribution in [1.29, 1.82) is 0 Å². The van der Waals surface area contributed by atoms with Crippen molar-refractivity contribution in [2.45, 2.75) is 120 Å². The summed E-state index contributed by atoms with van der Waals surface area (Å²) in [5.41, 5.74) is -4.51. The number of amides is 4. The topological polar surface area (TPSA) is 182 Å². The summed E-state index contributed by atoms with van der Waals surface area (Å²) in [6.45, 7) is 4.80. The molecule has 3 fully saturated rings. The van der Waals surface area contributed by atoms with Crippen LogP contribution in [0, 0.1) is 17.8 Å². The van der Waals surface area contributed by atoms with Crippen LogP contribution in [0.1, 0.15) is 79.1 Å². The fraction of sp³-hybridized carbons (Fsp3) is 0.615. The molecule has 312 valence electrons. The van der Waals surface area contributed by atoms with Crippen LogP contribution in [0.3, 0.4) is 0 Å². The highest BCUT2D eigenvalue weighted by Gasteiger charge is 2.62. The number of ether oxygens (including phenoxy) is 3. The summed E-state index contributed by atoms with van der Waals surface area (Å²) in [7, 11) is -2.51. The lowest BCUT2D eigenvalue weighted by Gasteiger charge is -2.34. The fourth-order valence-electron chi connectivity index (χ4n) is 7.80. The number of carbonyl (C=O) groups is 4. The molecule has 2 aliphatic carbocycles. The third kappa shape index (κ3) is 8.79. The van der Waals surface area contributed by atoms with Crippen molar-refractivity contribution < 1.29 is 55.0 Å². The number of sulfonamides is 1. The van der Waals surface area contributed by atoms with Gasteiger partial charge in [0.25, 0.3) is 5.91 Å². The number of benzene rings is 1. The molecule has 0 bridgehead atoms. The second kappa shape index (κ2) is 16.0. The van der Waals surface area contributed by atoms with Crippen LogP contribution >= 0.6 is 0 Å². The molecular formula is C39H50F3N5O9S. The summed E-state index contributed by atoms with van der Waals surface area (Å²) in [6, 6.07) is 4.42. The molecule has 0 spiro atoms. The van der Waals surface area contributed by atoms with Crippen molar-refractivity contribution in [2.24, 2.45) is 17.8 Å². The van der Waals surface area contributed by atoms with Crippen molar-refractivity contribution in [3.8, 4) is 11.6 Å². The standard InChI is InChI=1S/C39H50F3N5O9S/c1-22-11-6-7-12-24-19-38(24,35(50)46-57(52,53)26-13-10-14-26)45-32(48)29-18-25(55-33-28-16-9-8-15-27(28)30(54-5)20-43-33)21-47(29)34(49)31(23(2)17-22)44-36(51)56-37(3,4)39(40,41)42/h7-9,12,15-16,20,22-26,29,31H,6,10-11,13-14,17-19,21H2,1-5H3,(H,44,51)(H,45,48)(H,46,50)/b12-7-/t22-,23-,24-,25-,29+,31?,38-/m1/s1. The van der Waals surface area contributed by atoms with Crippen molar-refractivity contribution >= 4 is 44.6 Å². The third-order valence-electron chi connectivity index (χ3n) is 11.7. The molecule has 1 saturated heterocycles. The number of halogens is 3. The molecule has 2 aliphatic heterocycles. The Morgan fingerprint density at radius 3 is 2.40 bits per heavy atom. The summed E-state index contributed by atoms with van der Waals surface area (Å²) < 4.78 is 86.1. The first-order valence-corrected chi connectivity index (χ1v) is 20.8. The van der Waals surface area contributed by atoms with Gasteiger partial charge >= 0.3 is 12.3 Å². The first kappa shape index (κ1) is 42.0. The van der Waals surface area contributed by atoms with E-state index in [2.05, 4.69) is 20.3 Å². The van der Waals surface area contributed by atoms with Crippen LogP contribution in [-0.2, 0) is 29.1 Å². The van der Waals surface area contributed by atoms with Crippen molar-refractivity contribution in [3.63, 3.8) is 0 Å². The van der Waals surface area contributed by atoms with Gasteiger partial charge < -0.3 is 29.7 Å². The zero-order chi connectivity index (χ0) is 41.5. The number of aromatic nitrogens is 1. The van der Waals surface area contributed by atoms with Crippen molar-refractivity contribution in [2.75, 3.05) is 13.7 Å². The number of methoxy groups -OCH3 is 1. The number of rotatable bonds is 8. The minimum atomic E-state index is -4.91. The van der Waals surface area contributed by atoms with E-state index in [4.69, 9.17) is 14.2 Å². The van der Waals surface area contributed by atoms with E-state index in [9.17, 15) is 40.8 Å². The van der Waals surface area contributed by atoms with E-state index in [1.54, 1.807) is 25.1 Å². The number of pyridine rings is 1. The molecule has 1 aromatic heterocycles. The predicted octanol–water partition coefficient (Wildman–Crippen LogP) is 4.91. The summed E-state index contributed by atoms with van der Waals surface area (Å²) in [6.07, 6.45) is 0.965. The molecule has 4 aliphatic rings. The van der Waals surface area contributed by atoms with E-state index >= 15 is 0 Å². The summed E-state index contributed by atoms with van der Waals surface area (Å²) in [5, 5.41) is 5.74. The van der Waals surface area contributed by atoms with Gasteiger partial charge in [-0.1, -0.05) is 50.6 Å². The van der Waals surface area contributed by atoms with Crippen LogP contribution in [0.2, 0.25) is 0 Å². The van der Waals surface area contributed by atoms with E-state index in [-0.39, 0.29) is 31.2 Å². The van der Waals surface area contributed by atoms with E-state index in [1.807, 2.05) is 25.1 Å². The van der Waals surface area contributed by atoms with Gasteiger partial charge in [-0.2, -0.15) is 13.2 Å². The van der Waals surface area contributed by atoms with E-state index in [0.29, 0.717) is 68.9 Å².